The third kappa shape index (κ3) is 2.92. The zero-order valence-corrected chi connectivity index (χ0v) is 13.0. The van der Waals surface area contributed by atoms with Gasteiger partial charge in [-0.3, -0.25) is 0 Å². The summed E-state index contributed by atoms with van der Waals surface area (Å²) >= 11 is 0. The Kier molecular flexibility index (Phi) is 4.06. The minimum absolute atomic E-state index is 0.0550. The van der Waals surface area contributed by atoms with Crippen molar-refractivity contribution in [3.8, 4) is 0 Å². The van der Waals surface area contributed by atoms with Crippen LogP contribution in [-0.4, -0.2) is 52.4 Å². The minimum Gasteiger partial charge on any atom is -0.378 e. The van der Waals surface area contributed by atoms with Crippen molar-refractivity contribution >= 4 is 15.5 Å². The van der Waals surface area contributed by atoms with Gasteiger partial charge >= 0.3 is 5.51 Å². The first kappa shape index (κ1) is 16.5. The summed E-state index contributed by atoms with van der Waals surface area (Å²) in [6, 6.07) is 5.20. The zero-order valence-electron chi connectivity index (χ0n) is 12.2. The van der Waals surface area contributed by atoms with Crippen LogP contribution in [-0.2, 0) is 19.3 Å². The first-order valence-electron chi connectivity index (χ1n) is 7.12. The predicted octanol–water partition coefficient (Wildman–Crippen LogP) is 1.98. The molecule has 0 N–H and O–H groups in total. The fourth-order valence-corrected chi connectivity index (χ4v) is 3.93. The Bertz CT molecular complexity index is 684. The molecule has 3 rings (SSSR count). The molecule has 1 unspecified atom stereocenters. The second kappa shape index (κ2) is 5.64. The van der Waals surface area contributed by atoms with Gasteiger partial charge < -0.3 is 14.4 Å². The van der Waals surface area contributed by atoms with Gasteiger partial charge in [-0.2, -0.15) is 13.2 Å². The van der Waals surface area contributed by atoms with Crippen molar-refractivity contribution in [3.63, 3.8) is 0 Å². The van der Waals surface area contributed by atoms with E-state index in [4.69, 9.17) is 9.47 Å². The number of sulfone groups is 1. The quantitative estimate of drug-likeness (QED) is 0.816. The molecule has 0 aliphatic carbocycles. The number of morpholine rings is 1. The highest BCUT2D eigenvalue weighted by Crippen LogP contribution is 2.38. The van der Waals surface area contributed by atoms with E-state index in [2.05, 4.69) is 0 Å². The number of para-hydroxylation sites is 1. The van der Waals surface area contributed by atoms with Crippen LogP contribution >= 0.6 is 0 Å². The average Bonchev–Trinajstić information content (AvgIpc) is 2.94. The summed E-state index contributed by atoms with van der Waals surface area (Å²) in [6.07, 6.45) is 0.637. The summed E-state index contributed by atoms with van der Waals surface area (Å²) in [4.78, 5) is 0.917. The number of ether oxygens (including phenoxy) is 2. The van der Waals surface area contributed by atoms with Gasteiger partial charge in [0.25, 0.3) is 9.84 Å². The Morgan fingerprint density at radius 1 is 1.17 bits per heavy atom. The van der Waals surface area contributed by atoms with Gasteiger partial charge in [0, 0.05) is 26.1 Å². The Hall–Kier alpha value is -1.32. The summed E-state index contributed by atoms with van der Waals surface area (Å²) in [5, 5.41) is 0. The molecule has 1 atom stereocenters. The molecule has 2 aliphatic rings. The molecule has 0 radical (unpaired) electrons. The third-order valence-electron chi connectivity index (χ3n) is 4.12. The first-order valence-corrected chi connectivity index (χ1v) is 8.61. The number of hydrogen-bond donors (Lipinski definition) is 0. The number of alkyl halides is 3. The van der Waals surface area contributed by atoms with Crippen molar-refractivity contribution in [1.29, 1.82) is 0 Å². The number of rotatable bonds is 2. The van der Waals surface area contributed by atoms with Gasteiger partial charge in [-0.1, -0.05) is 12.1 Å². The fourth-order valence-electron chi connectivity index (χ4n) is 2.95. The molecule has 0 saturated carbocycles. The third-order valence-corrected chi connectivity index (χ3v) is 5.65. The van der Waals surface area contributed by atoms with Gasteiger partial charge in [-0.05, 0) is 12.1 Å². The van der Waals surface area contributed by atoms with Crippen molar-refractivity contribution in [1.82, 2.24) is 0 Å². The highest BCUT2D eigenvalue weighted by molar-refractivity contribution is 7.92. The second-order valence-electron chi connectivity index (χ2n) is 5.67. The molecule has 1 aromatic carbocycles. The standard InChI is InChI=1S/C14H16F3NO4S/c15-14(16,17)23(19,20)12-4-2-1-3-11(12)18-6-8-22-13(9-18)5-7-21-10-13/h1-4H,5-10H2. The number of halogens is 3. The summed E-state index contributed by atoms with van der Waals surface area (Å²) in [7, 11) is -5.41. The topological polar surface area (TPSA) is 55.8 Å². The maximum atomic E-state index is 12.9. The summed E-state index contributed by atoms with van der Waals surface area (Å²) in [6.45, 7) is 1.82. The van der Waals surface area contributed by atoms with Crippen LogP contribution in [0.5, 0.6) is 0 Å². The Morgan fingerprint density at radius 3 is 2.57 bits per heavy atom. The van der Waals surface area contributed by atoms with Gasteiger partial charge in [0.2, 0.25) is 0 Å². The molecular formula is C14H16F3NO4S. The van der Waals surface area contributed by atoms with E-state index >= 15 is 0 Å². The highest BCUT2D eigenvalue weighted by Gasteiger charge is 2.49. The van der Waals surface area contributed by atoms with Crippen LogP contribution in [0, 0.1) is 0 Å². The lowest BCUT2D eigenvalue weighted by Crippen LogP contribution is -2.52. The fraction of sp³-hybridized carbons (Fsp3) is 0.571. The molecule has 5 nitrogen and oxygen atoms in total. The van der Waals surface area contributed by atoms with Crippen LogP contribution in [0.1, 0.15) is 6.42 Å². The molecule has 0 amide bonds. The predicted molar refractivity (Wildman–Crippen MR) is 76.0 cm³/mol. The van der Waals surface area contributed by atoms with E-state index in [1.807, 2.05) is 0 Å². The number of benzene rings is 1. The molecule has 9 heteroatoms. The molecule has 23 heavy (non-hydrogen) atoms. The smallest absolute Gasteiger partial charge is 0.378 e. The molecule has 2 saturated heterocycles. The number of anilines is 1. The van der Waals surface area contributed by atoms with E-state index in [9.17, 15) is 21.6 Å². The van der Waals surface area contributed by atoms with E-state index in [-0.39, 0.29) is 5.69 Å². The van der Waals surface area contributed by atoms with Gasteiger partial charge in [0.15, 0.2) is 0 Å². The molecule has 2 aliphatic heterocycles. The van der Waals surface area contributed by atoms with Crippen molar-refractivity contribution in [3.05, 3.63) is 24.3 Å². The van der Waals surface area contributed by atoms with Crippen molar-refractivity contribution in [2.75, 3.05) is 37.8 Å². The Labute approximate surface area is 131 Å². The lowest BCUT2D eigenvalue weighted by molar-refractivity contribution is -0.0581. The van der Waals surface area contributed by atoms with E-state index in [0.717, 1.165) is 6.07 Å². The van der Waals surface area contributed by atoms with Crippen molar-refractivity contribution < 1.29 is 31.1 Å². The summed E-state index contributed by atoms with van der Waals surface area (Å²) < 4.78 is 73.4. The van der Waals surface area contributed by atoms with Gasteiger partial charge in [-0.15, -0.1) is 0 Å². The molecule has 2 fully saturated rings. The van der Waals surface area contributed by atoms with Crippen LogP contribution < -0.4 is 4.90 Å². The lowest BCUT2D eigenvalue weighted by Gasteiger charge is -2.41. The van der Waals surface area contributed by atoms with Crippen LogP contribution in [0.25, 0.3) is 0 Å². The molecule has 2 heterocycles. The van der Waals surface area contributed by atoms with E-state index in [0.29, 0.717) is 39.3 Å². The summed E-state index contributed by atoms with van der Waals surface area (Å²) in [5.74, 6) is 0. The molecule has 0 bridgehead atoms. The van der Waals surface area contributed by atoms with Crippen molar-refractivity contribution in [2.45, 2.75) is 22.4 Å². The molecule has 0 aromatic heterocycles. The number of hydrogen-bond acceptors (Lipinski definition) is 5. The van der Waals surface area contributed by atoms with Crippen LogP contribution in [0.2, 0.25) is 0 Å². The molecule has 128 valence electrons. The average molecular weight is 351 g/mol. The largest absolute Gasteiger partial charge is 0.501 e. The maximum Gasteiger partial charge on any atom is 0.501 e. The number of nitrogens with zero attached hydrogens (tertiary/aromatic N) is 1. The van der Waals surface area contributed by atoms with Gasteiger partial charge in [-0.25, -0.2) is 8.42 Å². The summed E-state index contributed by atoms with van der Waals surface area (Å²) in [5.41, 5.74) is -5.85. The van der Waals surface area contributed by atoms with Gasteiger partial charge in [0.1, 0.15) is 5.60 Å². The zero-order chi connectivity index (χ0) is 16.7. The molecule has 1 aromatic rings. The minimum atomic E-state index is -5.41. The van der Waals surface area contributed by atoms with E-state index < -0.39 is 25.8 Å². The monoisotopic (exact) mass is 351 g/mol. The highest BCUT2D eigenvalue weighted by atomic mass is 32.2. The van der Waals surface area contributed by atoms with Crippen LogP contribution in [0.15, 0.2) is 29.2 Å². The lowest BCUT2D eigenvalue weighted by atomic mass is 10.0. The van der Waals surface area contributed by atoms with Crippen LogP contribution in [0.3, 0.4) is 0 Å². The Balaban J connectivity index is 1.98. The molecular weight excluding hydrogens is 335 g/mol. The normalized spacial score (nSPS) is 26.0. The SMILES string of the molecule is O=S(=O)(c1ccccc1N1CCOC2(CCOC2)C1)C(F)(F)F. The van der Waals surface area contributed by atoms with E-state index in [1.54, 1.807) is 4.90 Å². The second-order valence-corrected chi connectivity index (χ2v) is 7.58. The molecule has 1 spiro atoms. The van der Waals surface area contributed by atoms with Gasteiger partial charge in [0.05, 0.1) is 23.8 Å². The van der Waals surface area contributed by atoms with Crippen LogP contribution in [0.4, 0.5) is 18.9 Å². The maximum absolute atomic E-state index is 12.9. The first-order chi connectivity index (χ1) is 10.8. The van der Waals surface area contributed by atoms with E-state index in [1.165, 1.54) is 18.2 Å². The Morgan fingerprint density at radius 2 is 1.91 bits per heavy atom. The van der Waals surface area contributed by atoms with Crippen molar-refractivity contribution in [2.24, 2.45) is 0 Å².